The minimum Gasteiger partial charge on any atom is -0.468 e. The molecule has 4 N–H and O–H groups in total. The molecule has 1 aliphatic rings. The van der Waals surface area contributed by atoms with E-state index in [1.165, 1.54) is 0 Å². The highest BCUT2D eigenvalue weighted by Crippen LogP contribution is 2.40. The summed E-state index contributed by atoms with van der Waals surface area (Å²) in [5.41, 5.74) is 14.4. The number of aryl methyl sites for hydroxylation is 1. The maximum absolute atomic E-state index is 6.35. The Balaban J connectivity index is 2.08. The monoisotopic (exact) mass is 350 g/mol. The topological polar surface area (TPSA) is 89.9 Å². The van der Waals surface area contributed by atoms with Crippen molar-refractivity contribution in [1.29, 1.82) is 0 Å². The Labute approximate surface area is 144 Å². The molecule has 0 radical (unpaired) electrons. The van der Waals surface area contributed by atoms with Gasteiger partial charge in [-0.05, 0) is 42.5 Å². The summed E-state index contributed by atoms with van der Waals surface area (Å²) in [6.07, 6.45) is 3.05. The lowest BCUT2D eigenvalue weighted by Crippen LogP contribution is -2.23. The van der Waals surface area contributed by atoms with Gasteiger partial charge < -0.3 is 15.9 Å². The molecule has 0 spiro atoms. The third kappa shape index (κ3) is 3.07. The van der Waals surface area contributed by atoms with Gasteiger partial charge in [0.1, 0.15) is 5.76 Å². The average Bonchev–Trinajstić information content (AvgIpc) is 2.86. The number of halogens is 2. The Morgan fingerprint density at radius 1 is 1.22 bits per heavy atom. The molecular formula is C16H16Cl2N4O. The first-order valence-electron chi connectivity index (χ1n) is 7.14. The Morgan fingerprint density at radius 2 is 1.91 bits per heavy atom. The zero-order chi connectivity index (χ0) is 16.6. The molecule has 120 valence electrons. The Morgan fingerprint density at radius 3 is 2.57 bits per heavy atom. The fourth-order valence-electron chi connectivity index (χ4n) is 2.98. The van der Waals surface area contributed by atoms with Crippen molar-refractivity contribution in [3.05, 3.63) is 57.0 Å². The van der Waals surface area contributed by atoms with Crippen molar-refractivity contribution in [1.82, 2.24) is 0 Å². The summed E-state index contributed by atoms with van der Waals surface area (Å²) >= 11 is 12.7. The SMILES string of the molecule is Cc1coc2c1/C(=N\N=C(N)N)CC(c1c(Cl)cccc1Cl)C2. The average molecular weight is 351 g/mol. The van der Waals surface area contributed by atoms with Crippen molar-refractivity contribution in [2.45, 2.75) is 25.7 Å². The lowest BCUT2D eigenvalue weighted by Gasteiger charge is -2.24. The molecule has 0 saturated carbocycles. The van der Waals surface area contributed by atoms with E-state index in [1.807, 2.05) is 25.1 Å². The van der Waals surface area contributed by atoms with Crippen LogP contribution in [-0.2, 0) is 6.42 Å². The second-order valence-electron chi connectivity index (χ2n) is 5.53. The Hall–Kier alpha value is -1.98. The minimum atomic E-state index is -0.0851. The number of fused-ring (bicyclic) bond motifs is 1. The van der Waals surface area contributed by atoms with Gasteiger partial charge in [0.25, 0.3) is 0 Å². The van der Waals surface area contributed by atoms with E-state index in [4.69, 9.17) is 39.1 Å². The molecule has 1 aromatic heterocycles. The van der Waals surface area contributed by atoms with Crippen LogP contribution in [0.15, 0.2) is 39.1 Å². The number of benzene rings is 1. The van der Waals surface area contributed by atoms with Crippen LogP contribution in [0.5, 0.6) is 0 Å². The molecule has 23 heavy (non-hydrogen) atoms. The van der Waals surface area contributed by atoms with Crippen molar-refractivity contribution < 1.29 is 4.42 Å². The largest absolute Gasteiger partial charge is 0.468 e. The van der Waals surface area contributed by atoms with Crippen molar-refractivity contribution in [3.63, 3.8) is 0 Å². The van der Waals surface area contributed by atoms with Crippen molar-refractivity contribution in [3.8, 4) is 0 Å². The Kier molecular flexibility index (Phi) is 4.33. The molecule has 5 nitrogen and oxygen atoms in total. The molecule has 1 aliphatic carbocycles. The van der Waals surface area contributed by atoms with Crippen molar-refractivity contribution in [2.24, 2.45) is 21.7 Å². The van der Waals surface area contributed by atoms with Gasteiger partial charge in [0.05, 0.1) is 12.0 Å². The van der Waals surface area contributed by atoms with Crippen LogP contribution in [0.3, 0.4) is 0 Å². The first-order chi connectivity index (χ1) is 11.0. The summed E-state index contributed by atoms with van der Waals surface area (Å²) in [5.74, 6) is 0.819. The van der Waals surface area contributed by atoms with Gasteiger partial charge in [-0.25, -0.2) is 0 Å². The highest BCUT2D eigenvalue weighted by Gasteiger charge is 2.31. The number of hydrogen-bond acceptors (Lipinski definition) is 3. The van der Waals surface area contributed by atoms with E-state index in [9.17, 15) is 0 Å². The first-order valence-corrected chi connectivity index (χ1v) is 7.89. The lowest BCUT2D eigenvalue weighted by atomic mass is 9.81. The molecule has 3 rings (SSSR count). The molecule has 0 saturated heterocycles. The molecule has 1 unspecified atom stereocenters. The van der Waals surface area contributed by atoms with Crippen LogP contribution in [0.1, 0.15) is 34.8 Å². The standard InChI is InChI=1S/C16H16Cl2N4O/c1-8-7-23-13-6-9(15-10(17)3-2-4-11(15)18)5-12(14(8)13)21-22-16(19)20/h2-4,7,9H,5-6H2,1H3,(H4,19,20,22)/b21-12-. The predicted octanol–water partition coefficient (Wildman–Crippen LogP) is 3.60. The second-order valence-corrected chi connectivity index (χ2v) is 6.34. The van der Waals surface area contributed by atoms with Crippen LogP contribution in [0.2, 0.25) is 10.0 Å². The van der Waals surface area contributed by atoms with Gasteiger partial charge in [0, 0.05) is 22.0 Å². The molecule has 7 heteroatoms. The minimum absolute atomic E-state index is 0.0576. The summed E-state index contributed by atoms with van der Waals surface area (Å²) in [5, 5.41) is 9.26. The molecular weight excluding hydrogens is 335 g/mol. The van der Waals surface area contributed by atoms with Gasteiger partial charge in [-0.2, -0.15) is 5.10 Å². The summed E-state index contributed by atoms with van der Waals surface area (Å²) in [7, 11) is 0. The zero-order valence-electron chi connectivity index (χ0n) is 12.5. The third-order valence-corrected chi connectivity index (χ3v) is 4.56. The molecule has 0 amide bonds. The van der Waals surface area contributed by atoms with Gasteiger partial charge in [0.2, 0.25) is 5.96 Å². The normalized spacial score (nSPS) is 18.7. The number of nitrogens with two attached hydrogens (primary N) is 2. The number of furan rings is 1. The predicted molar refractivity (Wildman–Crippen MR) is 93.3 cm³/mol. The lowest BCUT2D eigenvalue weighted by molar-refractivity contribution is 0.480. The van der Waals surface area contributed by atoms with Gasteiger partial charge >= 0.3 is 0 Å². The summed E-state index contributed by atoms with van der Waals surface area (Å²) < 4.78 is 5.68. The van der Waals surface area contributed by atoms with Gasteiger partial charge in [-0.3, -0.25) is 0 Å². The highest BCUT2D eigenvalue weighted by atomic mass is 35.5. The fourth-order valence-corrected chi connectivity index (χ4v) is 3.69. The van der Waals surface area contributed by atoms with E-state index in [2.05, 4.69) is 10.2 Å². The molecule has 1 heterocycles. The molecule has 2 aromatic rings. The van der Waals surface area contributed by atoms with Crippen LogP contribution in [0.25, 0.3) is 0 Å². The molecule has 0 bridgehead atoms. The molecule has 0 aliphatic heterocycles. The Bertz CT molecular complexity index is 786. The van der Waals surface area contributed by atoms with E-state index in [0.29, 0.717) is 22.9 Å². The molecule has 1 aromatic carbocycles. The van der Waals surface area contributed by atoms with Gasteiger partial charge in [-0.15, -0.1) is 5.10 Å². The first kappa shape index (κ1) is 15.9. The number of nitrogens with zero attached hydrogens (tertiary/aromatic N) is 2. The third-order valence-electron chi connectivity index (χ3n) is 3.91. The summed E-state index contributed by atoms with van der Waals surface area (Å²) in [6.45, 7) is 1.97. The van der Waals surface area contributed by atoms with E-state index >= 15 is 0 Å². The maximum atomic E-state index is 6.35. The van der Waals surface area contributed by atoms with Crippen molar-refractivity contribution in [2.75, 3.05) is 0 Å². The number of hydrogen-bond donors (Lipinski definition) is 2. The van der Waals surface area contributed by atoms with E-state index < -0.39 is 0 Å². The van der Waals surface area contributed by atoms with Crippen LogP contribution in [0.4, 0.5) is 0 Å². The summed E-state index contributed by atoms with van der Waals surface area (Å²) in [4.78, 5) is 0. The number of rotatable bonds is 2. The van der Waals surface area contributed by atoms with Gasteiger partial charge in [-0.1, -0.05) is 29.3 Å². The highest BCUT2D eigenvalue weighted by molar-refractivity contribution is 6.36. The molecule has 1 atom stereocenters. The van der Waals surface area contributed by atoms with E-state index in [-0.39, 0.29) is 11.9 Å². The quantitative estimate of drug-likeness (QED) is 0.492. The van der Waals surface area contributed by atoms with Crippen LogP contribution in [-0.4, -0.2) is 11.7 Å². The molecule has 0 fully saturated rings. The second kappa shape index (κ2) is 6.26. The summed E-state index contributed by atoms with van der Waals surface area (Å²) in [6, 6.07) is 5.49. The van der Waals surface area contributed by atoms with Crippen LogP contribution >= 0.6 is 23.2 Å². The smallest absolute Gasteiger partial charge is 0.211 e. The zero-order valence-corrected chi connectivity index (χ0v) is 14.0. The fraction of sp³-hybridized carbons (Fsp3) is 0.250. The number of guanidine groups is 1. The maximum Gasteiger partial charge on any atom is 0.211 e. The van der Waals surface area contributed by atoms with Crippen LogP contribution in [0, 0.1) is 6.92 Å². The van der Waals surface area contributed by atoms with E-state index in [1.54, 1.807) is 6.26 Å². The van der Waals surface area contributed by atoms with Gasteiger partial charge in [0.15, 0.2) is 0 Å². The van der Waals surface area contributed by atoms with Crippen molar-refractivity contribution >= 4 is 34.9 Å². The van der Waals surface area contributed by atoms with E-state index in [0.717, 1.165) is 28.2 Å². The van der Waals surface area contributed by atoms with Crippen LogP contribution < -0.4 is 11.5 Å².